The monoisotopic (exact) mass is 258 g/mol. The van der Waals surface area contributed by atoms with Gasteiger partial charge in [-0.1, -0.05) is 18.2 Å². The molecule has 1 heterocycles. The van der Waals surface area contributed by atoms with Crippen molar-refractivity contribution < 1.29 is 8.81 Å². The summed E-state index contributed by atoms with van der Waals surface area (Å²) in [6, 6.07) is 11.6. The Hall–Kier alpha value is -2.56. The summed E-state index contributed by atoms with van der Waals surface area (Å²) in [5, 5.41) is 0. The Morgan fingerprint density at radius 1 is 1.21 bits per heavy atom. The Morgan fingerprint density at radius 3 is 2.79 bits per heavy atom. The van der Waals surface area contributed by atoms with Gasteiger partial charge in [0.15, 0.2) is 5.58 Å². The van der Waals surface area contributed by atoms with Crippen molar-refractivity contribution in [3.63, 3.8) is 0 Å². The molecule has 19 heavy (non-hydrogen) atoms. The van der Waals surface area contributed by atoms with Gasteiger partial charge in [0, 0.05) is 0 Å². The van der Waals surface area contributed by atoms with E-state index >= 15 is 0 Å². The molecular weight excluding hydrogens is 247 g/mol. The lowest BCUT2D eigenvalue weighted by Crippen LogP contribution is -2.15. The van der Waals surface area contributed by atoms with E-state index in [9.17, 15) is 9.18 Å². The molecule has 0 saturated carbocycles. The first-order valence-corrected chi connectivity index (χ1v) is 5.77. The zero-order chi connectivity index (χ0) is 13.4. The summed E-state index contributed by atoms with van der Waals surface area (Å²) >= 11 is 0. The molecule has 3 rings (SSSR count). The zero-order valence-electron chi connectivity index (χ0n) is 9.97. The van der Waals surface area contributed by atoms with E-state index < -0.39 is 11.6 Å². The summed E-state index contributed by atoms with van der Waals surface area (Å²) in [4.78, 5) is 11.8. The number of fused-ring (bicyclic) bond motifs is 1. The highest BCUT2D eigenvalue weighted by atomic mass is 19.1. The summed E-state index contributed by atoms with van der Waals surface area (Å²) in [7, 11) is 0. The van der Waals surface area contributed by atoms with Crippen molar-refractivity contribution in [3.05, 3.63) is 64.4 Å². The maximum absolute atomic E-state index is 13.4. The van der Waals surface area contributed by atoms with Gasteiger partial charge in [0.2, 0.25) is 0 Å². The van der Waals surface area contributed by atoms with E-state index in [1.807, 2.05) is 6.07 Å². The summed E-state index contributed by atoms with van der Waals surface area (Å²) in [5.74, 6) is -0.947. The second-order valence-electron chi connectivity index (χ2n) is 4.28. The van der Waals surface area contributed by atoms with Crippen LogP contribution in [0, 0.1) is 5.82 Å². The zero-order valence-corrected chi connectivity index (χ0v) is 9.97. The van der Waals surface area contributed by atoms with Crippen LogP contribution in [0.25, 0.3) is 11.1 Å². The van der Waals surface area contributed by atoms with Crippen LogP contribution in [0.1, 0.15) is 5.56 Å². The molecule has 0 bridgehead atoms. The Bertz CT molecular complexity index is 805. The van der Waals surface area contributed by atoms with Gasteiger partial charge in [-0.3, -0.25) is 4.57 Å². The molecule has 0 fully saturated rings. The van der Waals surface area contributed by atoms with Crippen LogP contribution in [0.5, 0.6) is 0 Å². The minimum Gasteiger partial charge on any atom is -0.408 e. The van der Waals surface area contributed by atoms with Gasteiger partial charge in [-0.25, -0.2) is 9.18 Å². The Kier molecular flexibility index (Phi) is 2.59. The predicted molar refractivity (Wildman–Crippen MR) is 70.4 cm³/mol. The van der Waals surface area contributed by atoms with Crippen LogP contribution in [0.3, 0.4) is 0 Å². The van der Waals surface area contributed by atoms with Crippen LogP contribution >= 0.6 is 0 Å². The first-order chi connectivity index (χ1) is 9.15. The van der Waals surface area contributed by atoms with Gasteiger partial charge < -0.3 is 10.2 Å². The van der Waals surface area contributed by atoms with E-state index in [2.05, 4.69) is 0 Å². The van der Waals surface area contributed by atoms with Gasteiger partial charge in [-0.15, -0.1) is 0 Å². The van der Waals surface area contributed by atoms with E-state index in [0.29, 0.717) is 16.7 Å². The second-order valence-corrected chi connectivity index (χ2v) is 4.28. The molecule has 0 saturated heterocycles. The van der Waals surface area contributed by atoms with Crippen molar-refractivity contribution in [1.29, 1.82) is 0 Å². The lowest BCUT2D eigenvalue weighted by Gasteiger charge is -2.04. The number of benzene rings is 2. The molecule has 2 aromatic carbocycles. The number of nitrogens with two attached hydrogens (primary N) is 1. The molecule has 0 unspecified atom stereocenters. The summed E-state index contributed by atoms with van der Waals surface area (Å²) in [5.41, 5.74) is 7.37. The van der Waals surface area contributed by atoms with Crippen molar-refractivity contribution in [2.45, 2.75) is 6.54 Å². The van der Waals surface area contributed by atoms with Crippen LogP contribution in [0.15, 0.2) is 51.7 Å². The molecule has 5 heteroatoms. The van der Waals surface area contributed by atoms with E-state index in [0.717, 1.165) is 0 Å². The van der Waals surface area contributed by atoms with Crippen LogP contribution in [0.2, 0.25) is 0 Å². The first-order valence-electron chi connectivity index (χ1n) is 5.77. The van der Waals surface area contributed by atoms with Crippen molar-refractivity contribution in [2.75, 3.05) is 5.73 Å². The fourth-order valence-electron chi connectivity index (χ4n) is 2.02. The minimum absolute atomic E-state index is 0.0909. The summed E-state index contributed by atoms with van der Waals surface area (Å²) in [6.07, 6.45) is 0. The number of anilines is 1. The number of hydrogen-bond acceptors (Lipinski definition) is 3. The standard InChI is InChI=1S/C14H11FN2O2/c15-10-7-9(5-6-11(10)16)8-17-12-3-1-2-4-13(12)19-14(17)18/h1-7H,8,16H2. The van der Waals surface area contributed by atoms with Crippen molar-refractivity contribution >= 4 is 16.8 Å². The predicted octanol–water partition coefficient (Wildman–Crippen LogP) is 2.36. The Morgan fingerprint density at radius 2 is 2.00 bits per heavy atom. The molecule has 1 aromatic heterocycles. The highest BCUT2D eigenvalue weighted by molar-refractivity contribution is 5.72. The van der Waals surface area contributed by atoms with E-state index in [-0.39, 0.29) is 12.2 Å². The largest absolute Gasteiger partial charge is 0.420 e. The number of nitrogen functional groups attached to an aromatic ring is 1. The molecule has 0 aliphatic heterocycles. The van der Waals surface area contributed by atoms with Crippen LogP contribution in [-0.4, -0.2) is 4.57 Å². The number of hydrogen-bond donors (Lipinski definition) is 1. The Balaban J connectivity index is 2.08. The third-order valence-corrected chi connectivity index (χ3v) is 2.98. The van der Waals surface area contributed by atoms with Crippen LogP contribution in [0.4, 0.5) is 10.1 Å². The number of oxazole rings is 1. The first kappa shape index (κ1) is 11.5. The molecule has 0 aliphatic rings. The van der Waals surface area contributed by atoms with Gasteiger partial charge in [0.25, 0.3) is 0 Å². The molecule has 0 amide bonds. The number of nitrogens with zero attached hydrogens (tertiary/aromatic N) is 1. The van der Waals surface area contributed by atoms with Crippen molar-refractivity contribution in [1.82, 2.24) is 4.57 Å². The van der Waals surface area contributed by atoms with Gasteiger partial charge in [-0.2, -0.15) is 0 Å². The fraction of sp³-hybridized carbons (Fsp3) is 0.0714. The molecule has 4 nitrogen and oxygen atoms in total. The number of para-hydroxylation sites is 2. The molecule has 96 valence electrons. The smallest absolute Gasteiger partial charge is 0.408 e. The maximum Gasteiger partial charge on any atom is 0.420 e. The van der Waals surface area contributed by atoms with Crippen molar-refractivity contribution in [3.8, 4) is 0 Å². The summed E-state index contributed by atoms with van der Waals surface area (Å²) in [6.45, 7) is 0.243. The maximum atomic E-state index is 13.4. The third-order valence-electron chi connectivity index (χ3n) is 2.98. The summed E-state index contributed by atoms with van der Waals surface area (Å²) < 4.78 is 20.0. The number of rotatable bonds is 2. The van der Waals surface area contributed by atoms with Crippen molar-refractivity contribution in [2.24, 2.45) is 0 Å². The minimum atomic E-state index is -0.488. The van der Waals surface area contributed by atoms with Crippen LogP contribution < -0.4 is 11.5 Å². The molecule has 0 radical (unpaired) electrons. The van der Waals surface area contributed by atoms with Crippen LogP contribution in [-0.2, 0) is 6.54 Å². The molecule has 3 aromatic rings. The van der Waals surface area contributed by atoms with Gasteiger partial charge in [0.1, 0.15) is 5.82 Å². The molecule has 0 atom stereocenters. The fourth-order valence-corrected chi connectivity index (χ4v) is 2.02. The van der Waals surface area contributed by atoms with E-state index in [1.54, 1.807) is 24.3 Å². The molecular formula is C14H11FN2O2. The molecule has 2 N–H and O–H groups in total. The lowest BCUT2D eigenvalue weighted by molar-refractivity contribution is 0.517. The quantitative estimate of drug-likeness (QED) is 0.718. The molecule has 0 spiro atoms. The van der Waals surface area contributed by atoms with E-state index in [1.165, 1.54) is 16.7 Å². The van der Waals surface area contributed by atoms with Gasteiger partial charge in [0.05, 0.1) is 17.7 Å². The van der Waals surface area contributed by atoms with Gasteiger partial charge >= 0.3 is 5.76 Å². The van der Waals surface area contributed by atoms with Gasteiger partial charge in [-0.05, 0) is 29.8 Å². The average Bonchev–Trinajstić information content (AvgIpc) is 2.71. The SMILES string of the molecule is Nc1ccc(Cn2c(=O)oc3ccccc32)cc1F. The molecule has 0 aliphatic carbocycles. The highest BCUT2D eigenvalue weighted by Crippen LogP contribution is 2.16. The highest BCUT2D eigenvalue weighted by Gasteiger charge is 2.09. The number of halogens is 1. The Labute approximate surface area is 107 Å². The normalized spacial score (nSPS) is 11.0. The average molecular weight is 258 g/mol. The van der Waals surface area contributed by atoms with E-state index in [4.69, 9.17) is 10.2 Å². The topological polar surface area (TPSA) is 61.2 Å². The third kappa shape index (κ3) is 1.99. The second kappa shape index (κ2) is 4.28. The number of aromatic nitrogens is 1. The lowest BCUT2D eigenvalue weighted by atomic mass is 10.2.